The zero-order valence-corrected chi connectivity index (χ0v) is 20.1. The molecule has 1 saturated carbocycles. The molecule has 1 aromatic carbocycles. The fourth-order valence-corrected chi connectivity index (χ4v) is 4.26. The highest BCUT2D eigenvalue weighted by Crippen LogP contribution is 2.23. The van der Waals surface area contributed by atoms with Gasteiger partial charge in [0.15, 0.2) is 5.11 Å². The van der Waals surface area contributed by atoms with E-state index < -0.39 is 0 Å². The van der Waals surface area contributed by atoms with E-state index in [1.54, 1.807) is 6.20 Å². The third-order valence-corrected chi connectivity index (χ3v) is 6.07. The summed E-state index contributed by atoms with van der Waals surface area (Å²) in [5.41, 5.74) is 3.73. The number of anilines is 3. The van der Waals surface area contributed by atoms with Crippen molar-refractivity contribution in [2.45, 2.75) is 70.9 Å². The molecule has 0 aliphatic heterocycles. The van der Waals surface area contributed by atoms with Crippen molar-refractivity contribution in [3.63, 3.8) is 0 Å². The zero-order valence-electron chi connectivity index (χ0n) is 19.2. The van der Waals surface area contributed by atoms with Crippen LogP contribution in [0, 0.1) is 6.92 Å². The number of hydrogen-bond acceptors (Lipinski definition) is 5. The van der Waals surface area contributed by atoms with Crippen LogP contribution in [0.5, 0.6) is 0 Å². The lowest BCUT2D eigenvalue weighted by molar-refractivity contribution is 0.387. The van der Waals surface area contributed by atoms with Crippen LogP contribution in [0.3, 0.4) is 0 Å². The third kappa shape index (κ3) is 7.06. The molecule has 0 amide bonds. The molecule has 0 spiro atoms. The molecule has 0 unspecified atom stereocenters. The maximum atomic E-state index is 5.59. The van der Waals surface area contributed by atoms with Gasteiger partial charge in [-0.25, -0.2) is 4.98 Å². The zero-order chi connectivity index (χ0) is 22.2. The van der Waals surface area contributed by atoms with Crippen molar-refractivity contribution >= 4 is 34.8 Å². The first kappa shape index (κ1) is 23.3. The first-order chi connectivity index (χ1) is 14.9. The molecule has 3 rings (SSSR count). The van der Waals surface area contributed by atoms with Crippen molar-refractivity contribution in [1.82, 2.24) is 15.3 Å². The molecule has 0 bridgehead atoms. The van der Waals surface area contributed by atoms with Crippen molar-refractivity contribution in [2.75, 3.05) is 29.6 Å². The average molecular weight is 441 g/mol. The van der Waals surface area contributed by atoms with Crippen LogP contribution in [0.2, 0.25) is 0 Å². The summed E-state index contributed by atoms with van der Waals surface area (Å²) in [6.07, 6.45) is 9.69. The van der Waals surface area contributed by atoms with Crippen LogP contribution in [-0.2, 0) is 6.42 Å². The maximum absolute atomic E-state index is 5.59. The Morgan fingerprint density at radius 1 is 1.13 bits per heavy atom. The van der Waals surface area contributed by atoms with Gasteiger partial charge in [0, 0.05) is 38.1 Å². The molecule has 168 valence electrons. The van der Waals surface area contributed by atoms with Gasteiger partial charge in [0.25, 0.3) is 0 Å². The molecule has 6 nitrogen and oxygen atoms in total. The van der Waals surface area contributed by atoms with E-state index in [1.165, 1.54) is 24.0 Å². The Balaban J connectivity index is 1.44. The fraction of sp³-hybridized carbons (Fsp3) is 0.542. The van der Waals surface area contributed by atoms with Gasteiger partial charge < -0.3 is 20.9 Å². The van der Waals surface area contributed by atoms with Gasteiger partial charge in [0.05, 0.1) is 0 Å². The normalized spacial score (nSPS) is 18.3. The molecule has 7 heteroatoms. The van der Waals surface area contributed by atoms with Crippen molar-refractivity contribution in [3.05, 3.63) is 41.6 Å². The number of aryl methyl sites for hydroxylation is 2. The molecule has 1 aliphatic rings. The Bertz CT molecular complexity index is 861. The fourth-order valence-electron chi connectivity index (χ4n) is 3.98. The van der Waals surface area contributed by atoms with E-state index >= 15 is 0 Å². The van der Waals surface area contributed by atoms with E-state index in [0.717, 1.165) is 43.6 Å². The van der Waals surface area contributed by atoms with Crippen LogP contribution in [0.1, 0.15) is 56.6 Å². The van der Waals surface area contributed by atoms with Gasteiger partial charge in [-0.2, -0.15) is 4.98 Å². The number of hydrogen-bond donors (Lipinski definition) is 3. The Kier molecular flexibility index (Phi) is 8.46. The van der Waals surface area contributed by atoms with Crippen LogP contribution in [0.4, 0.5) is 17.5 Å². The molecule has 1 heterocycles. The molecule has 0 atom stereocenters. The summed E-state index contributed by atoms with van der Waals surface area (Å²) in [5.74, 6) is 1.62. The van der Waals surface area contributed by atoms with E-state index in [9.17, 15) is 0 Å². The highest BCUT2D eigenvalue weighted by Gasteiger charge is 2.22. The molecular formula is C24H36N6S. The molecular weight excluding hydrogens is 404 g/mol. The number of nitrogens with zero attached hydrogens (tertiary/aromatic N) is 3. The minimum atomic E-state index is 0.398. The summed E-state index contributed by atoms with van der Waals surface area (Å²) in [6.45, 7) is 4.37. The molecule has 1 fully saturated rings. The molecule has 1 aromatic heterocycles. The number of aromatic nitrogens is 2. The smallest absolute Gasteiger partial charge is 0.224 e. The van der Waals surface area contributed by atoms with Gasteiger partial charge in [0.2, 0.25) is 5.95 Å². The van der Waals surface area contributed by atoms with Crippen molar-refractivity contribution in [1.29, 1.82) is 0 Å². The molecule has 3 N–H and O–H groups in total. The van der Waals surface area contributed by atoms with E-state index in [0.29, 0.717) is 23.1 Å². The number of benzene rings is 1. The number of thiocarbonyl (C=S) groups is 1. The highest BCUT2D eigenvalue weighted by atomic mass is 32.1. The van der Waals surface area contributed by atoms with Crippen molar-refractivity contribution in [3.8, 4) is 0 Å². The maximum Gasteiger partial charge on any atom is 0.224 e. The third-order valence-electron chi connectivity index (χ3n) is 5.85. The van der Waals surface area contributed by atoms with Gasteiger partial charge in [0.1, 0.15) is 5.82 Å². The minimum absolute atomic E-state index is 0.398. The second kappa shape index (κ2) is 11.3. The van der Waals surface area contributed by atoms with E-state index in [1.807, 2.05) is 25.1 Å². The quantitative estimate of drug-likeness (QED) is 0.504. The molecule has 0 saturated heterocycles. The summed E-state index contributed by atoms with van der Waals surface area (Å²) in [6, 6.07) is 9.34. The summed E-state index contributed by atoms with van der Waals surface area (Å²) in [4.78, 5) is 10.9. The summed E-state index contributed by atoms with van der Waals surface area (Å²) < 4.78 is 0. The van der Waals surface area contributed by atoms with Gasteiger partial charge >= 0.3 is 0 Å². The van der Waals surface area contributed by atoms with Crippen LogP contribution in [0.25, 0.3) is 0 Å². The molecule has 0 radical (unpaired) electrons. The van der Waals surface area contributed by atoms with E-state index in [2.05, 4.69) is 58.0 Å². The van der Waals surface area contributed by atoms with E-state index in [4.69, 9.17) is 12.2 Å². The Morgan fingerprint density at radius 3 is 2.55 bits per heavy atom. The van der Waals surface area contributed by atoms with Gasteiger partial charge in [-0.05, 0) is 80.9 Å². The Labute approximate surface area is 192 Å². The summed E-state index contributed by atoms with van der Waals surface area (Å²) in [7, 11) is 3.98. The van der Waals surface area contributed by atoms with Crippen LogP contribution in [0.15, 0.2) is 30.5 Å². The molecule has 2 aromatic rings. The topological polar surface area (TPSA) is 65.1 Å². The lowest BCUT2D eigenvalue weighted by Gasteiger charge is -2.30. The van der Waals surface area contributed by atoms with Crippen LogP contribution >= 0.6 is 12.2 Å². The first-order valence-electron chi connectivity index (χ1n) is 11.4. The number of unbranched alkanes of at least 4 members (excludes halogenated alkanes) is 1. The van der Waals surface area contributed by atoms with Crippen molar-refractivity contribution in [2.24, 2.45) is 0 Å². The lowest BCUT2D eigenvalue weighted by atomic mass is 9.91. The molecule has 1 aliphatic carbocycles. The Morgan fingerprint density at radius 2 is 1.87 bits per heavy atom. The predicted octanol–water partition coefficient (Wildman–Crippen LogP) is 4.90. The standard InChI is InChI=1S/C24H36N6S/c1-5-6-7-18-8-13-21(17(2)16-18)28-24(31)27-20-11-9-19(10-12-20)26-23-25-15-14-22(29-23)30(3)4/h8,13-16,19-20H,5-7,9-12H2,1-4H3,(H,25,26,29)(H2,27,28,31). The second-order valence-electron chi connectivity index (χ2n) is 8.68. The minimum Gasteiger partial charge on any atom is -0.363 e. The summed E-state index contributed by atoms with van der Waals surface area (Å²) in [5, 5.41) is 11.1. The van der Waals surface area contributed by atoms with Gasteiger partial charge in [-0.1, -0.05) is 25.5 Å². The second-order valence-corrected chi connectivity index (χ2v) is 9.09. The molecule has 31 heavy (non-hydrogen) atoms. The predicted molar refractivity (Wildman–Crippen MR) is 135 cm³/mol. The van der Waals surface area contributed by atoms with Crippen molar-refractivity contribution < 1.29 is 0 Å². The highest BCUT2D eigenvalue weighted by molar-refractivity contribution is 7.80. The average Bonchev–Trinajstić information content (AvgIpc) is 2.75. The number of rotatable bonds is 8. The largest absolute Gasteiger partial charge is 0.363 e. The van der Waals surface area contributed by atoms with Gasteiger partial charge in [-0.15, -0.1) is 0 Å². The Hall–Kier alpha value is -2.41. The van der Waals surface area contributed by atoms with Crippen LogP contribution in [-0.4, -0.2) is 41.3 Å². The van der Waals surface area contributed by atoms with E-state index in [-0.39, 0.29) is 0 Å². The number of nitrogens with one attached hydrogen (secondary N) is 3. The lowest BCUT2D eigenvalue weighted by Crippen LogP contribution is -2.42. The monoisotopic (exact) mass is 440 g/mol. The summed E-state index contributed by atoms with van der Waals surface area (Å²) >= 11 is 5.59. The van der Waals surface area contributed by atoms with Crippen LogP contribution < -0.4 is 20.9 Å². The first-order valence-corrected chi connectivity index (χ1v) is 11.8. The van der Waals surface area contributed by atoms with Gasteiger partial charge in [-0.3, -0.25) is 0 Å². The SMILES string of the molecule is CCCCc1ccc(NC(=S)NC2CCC(Nc3nccc(N(C)C)n3)CC2)c(C)c1.